The van der Waals surface area contributed by atoms with Gasteiger partial charge in [-0.1, -0.05) is 12.1 Å². The highest BCUT2D eigenvalue weighted by Gasteiger charge is 2.23. The van der Waals surface area contributed by atoms with Crippen LogP contribution in [0, 0.1) is 12.9 Å². The maximum atomic E-state index is 13.4. The number of carbonyl (C=O) groups is 1. The summed E-state index contributed by atoms with van der Waals surface area (Å²) >= 11 is 0. The molecule has 0 saturated heterocycles. The molecule has 160 valence electrons. The highest BCUT2D eigenvalue weighted by molar-refractivity contribution is 6.00. The topological polar surface area (TPSA) is 88.2 Å². The third-order valence-corrected chi connectivity index (χ3v) is 4.98. The van der Waals surface area contributed by atoms with Crippen molar-refractivity contribution < 1.29 is 14.0 Å². The summed E-state index contributed by atoms with van der Waals surface area (Å²) in [6.45, 7) is 3.77. The number of halogens is 1. The molecule has 1 amide bonds. The SMILES string of the molecule is CCONC(=O)c1cnc(Nc2cnc(F)c(C)c2)cc1Nc1ccc(C2CC2)cc1. The first-order valence-corrected chi connectivity index (χ1v) is 10.2. The quantitative estimate of drug-likeness (QED) is 0.352. The summed E-state index contributed by atoms with van der Waals surface area (Å²) in [5, 5.41) is 6.39. The van der Waals surface area contributed by atoms with Gasteiger partial charge < -0.3 is 10.6 Å². The number of nitrogens with zero attached hydrogens (tertiary/aromatic N) is 2. The zero-order valence-electron chi connectivity index (χ0n) is 17.4. The molecule has 2 aromatic heterocycles. The molecule has 0 aliphatic heterocycles. The van der Waals surface area contributed by atoms with Crippen LogP contribution in [0.25, 0.3) is 0 Å². The van der Waals surface area contributed by atoms with Crippen molar-refractivity contribution in [2.45, 2.75) is 32.6 Å². The van der Waals surface area contributed by atoms with Crippen molar-refractivity contribution in [3.8, 4) is 0 Å². The molecule has 3 N–H and O–H groups in total. The summed E-state index contributed by atoms with van der Waals surface area (Å²) in [6.07, 6.45) is 5.34. The fraction of sp³-hybridized carbons (Fsp3) is 0.261. The third-order valence-electron chi connectivity index (χ3n) is 4.98. The Morgan fingerprint density at radius 2 is 1.87 bits per heavy atom. The molecule has 7 nitrogen and oxygen atoms in total. The lowest BCUT2D eigenvalue weighted by molar-refractivity contribution is 0.0365. The molecule has 1 aliphatic carbocycles. The van der Waals surface area contributed by atoms with Crippen LogP contribution in [-0.2, 0) is 4.84 Å². The minimum atomic E-state index is -0.515. The first-order valence-electron chi connectivity index (χ1n) is 10.2. The fourth-order valence-corrected chi connectivity index (χ4v) is 3.19. The van der Waals surface area contributed by atoms with Crippen LogP contribution in [-0.4, -0.2) is 22.5 Å². The Labute approximate surface area is 180 Å². The van der Waals surface area contributed by atoms with Gasteiger partial charge in [0, 0.05) is 23.5 Å². The van der Waals surface area contributed by atoms with E-state index in [2.05, 4.69) is 38.2 Å². The Bertz CT molecular complexity index is 1080. The Morgan fingerprint density at radius 3 is 2.55 bits per heavy atom. The van der Waals surface area contributed by atoms with Crippen LogP contribution >= 0.6 is 0 Å². The Hall–Kier alpha value is -3.52. The number of benzene rings is 1. The second kappa shape index (κ2) is 9.09. The van der Waals surface area contributed by atoms with Gasteiger partial charge in [0.05, 0.1) is 29.7 Å². The highest BCUT2D eigenvalue weighted by Crippen LogP contribution is 2.40. The number of pyridine rings is 2. The minimum Gasteiger partial charge on any atom is -0.355 e. The van der Waals surface area contributed by atoms with E-state index in [1.165, 1.54) is 30.8 Å². The molecule has 3 aromatic rings. The van der Waals surface area contributed by atoms with Crippen LogP contribution in [0.15, 0.2) is 48.8 Å². The van der Waals surface area contributed by atoms with E-state index in [0.29, 0.717) is 40.8 Å². The number of amides is 1. The summed E-state index contributed by atoms with van der Waals surface area (Å²) < 4.78 is 13.4. The number of nitrogens with one attached hydrogen (secondary N) is 3. The molecule has 31 heavy (non-hydrogen) atoms. The number of hydroxylamine groups is 1. The van der Waals surface area contributed by atoms with Gasteiger partial charge in [-0.2, -0.15) is 4.39 Å². The Balaban J connectivity index is 1.60. The van der Waals surface area contributed by atoms with Crippen molar-refractivity contribution in [2.75, 3.05) is 17.2 Å². The lowest BCUT2D eigenvalue weighted by Gasteiger charge is -2.14. The minimum absolute atomic E-state index is 0.332. The first-order chi connectivity index (χ1) is 15.0. The van der Waals surface area contributed by atoms with Crippen LogP contribution < -0.4 is 16.1 Å². The number of rotatable bonds is 8. The van der Waals surface area contributed by atoms with Crippen molar-refractivity contribution in [2.24, 2.45) is 0 Å². The van der Waals surface area contributed by atoms with E-state index in [1.807, 2.05) is 12.1 Å². The molecule has 8 heteroatoms. The van der Waals surface area contributed by atoms with E-state index in [9.17, 15) is 9.18 Å². The average molecular weight is 421 g/mol. The fourth-order valence-electron chi connectivity index (χ4n) is 3.19. The molecule has 0 radical (unpaired) electrons. The number of aromatic nitrogens is 2. The third kappa shape index (κ3) is 5.16. The van der Waals surface area contributed by atoms with Gasteiger partial charge in [-0.15, -0.1) is 0 Å². The molecule has 1 aromatic carbocycles. The van der Waals surface area contributed by atoms with Gasteiger partial charge in [-0.3, -0.25) is 9.63 Å². The van der Waals surface area contributed by atoms with Crippen molar-refractivity contribution in [1.29, 1.82) is 0 Å². The van der Waals surface area contributed by atoms with E-state index in [1.54, 1.807) is 26.0 Å². The van der Waals surface area contributed by atoms with E-state index in [4.69, 9.17) is 4.84 Å². The highest BCUT2D eigenvalue weighted by atomic mass is 19.1. The summed E-state index contributed by atoms with van der Waals surface area (Å²) in [5.74, 6) is 0.236. The lowest BCUT2D eigenvalue weighted by atomic mass is 10.1. The monoisotopic (exact) mass is 421 g/mol. The molecule has 0 unspecified atom stereocenters. The van der Waals surface area contributed by atoms with Gasteiger partial charge >= 0.3 is 0 Å². The zero-order chi connectivity index (χ0) is 21.8. The Kier molecular flexibility index (Phi) is 6.08. The number of carbonyl (C=O) groups excluding carboxylic acids is 1. The van der Waals surface area contributed by atoms with Gasteiger partial charge in [0.25, 0.3) is 5.91 Å². The molecule has 1 saturated carbocycles. The van der Waals surface area contributed by atoms with Gasteiger partial charge in [0.1, 0.15) is 5.82 Å². The van der Waals surface area contributed by atoms with Gasteiger partial charge in [-0.05, 0) is 56.4 Å². The van der Waals surface area contributed by atoms with Crippen LogP contribution in [0.5, 0.6) is 0 Å². The maximum Gasteiger partial charge on any atom is 0.278 e. The van der Waals surface area contributed by atoms with Crippen LogP contribution in [0.1, 0.15) is 47.2 Å². The predicted molar refractivity (Wildman–Crippen MR) is 117 cm³/mol. The standard InChI is InChI=1S/C23H24FN5O2/c1-3-31-29-23(30)19-13-25-21(28-18-10-14(2)22(24)26-12-18)11-20(19)27-17-8-6-16(7-9-17)15-4-5-15/h6-13,15H,3-5H2,1-2H3,(H,29,30)(H2,25,27,28). The van der Waals surface area contributed by atoms with Gasteiger partial charge in [0.2, 0.25) is 5.95 Å². The van der Waals surface area contributed by atoms with Gasteiger partial charge in [-0.25, -0.2) is 15.4 Å². The molecule has 0 atom stereocenters. The molecule has 0 spiro atoms. The molecule has 1 aliphatic rings. The zero-order valence-corrected chi connectivity index (χ0v) is 17.4. The summed E-state index contributed by atoms with van der Waals surface area (Å²) in [7, 11) is 0. The molecule has 4 rings (SSSR count). The lowest BCUT2D eigenvalue weighted by Crippen LogP contribution is -2.24. The maximum absolute atomic E-state index is 13.4. The normalized spacial score (nSPS) is 13.0. The van der Waals surface area contributed by atoms with E-state index >= 15 is 0 Å². The van der Waals surface area contributed by atoms with Gasteiger partial charge in [0.15, 0.2) is 0 Å². The molecule has 2 heterocycles. The van der Waals surface area contributed by atoms with E-state index < -0.39 is 11.9 Å². The second-order valence-corrected chi connectivity index (χ2v) is 7.46. The molecule has 0 bridgehead atoms. The Morgan fingerprint density at radius 1 is 1.10 bits per heavy atom. The van der Waals surface area contributed by atoms with Crippen LogP contribution in [0.2, 0.25) is 0 Å². The molecular formula is C23H24FN5O2. The van der Waals surface area contributed by atoms with Crippen molar-refractivity contribution in [3.05, 3.63) is 71.4 Å². The van der Waals surface area contributed by atoms with E-state index in [0.717, 1.165) is 5.69 Å². The largest absolute Gasteiger partial charge is 0.355 e. The average Bonchev–Trinajstić information content (AvgIpc) is 3.61. The number of hydrogen-bond donors (Lipinski definition) is 3. The van der Waals surface area contributed by atoms with Crippen LogP contribution in [0.4, 0.5) is 27.3 Å². The number of aryl methyl sites for hydroxylation is 1. The number of hydrogen-bond acceptors (Lipinski definition) is 6. The van der Waals surface area contributed by atoms with Crippen molar-refractivity contribution in [1.82, 2.24) is 15.4 Å². The second-order valence-electron chi connectivity index (χ2n) is 7.46. The summed E-state index contributed by atoms with van der Waals surface area (Å²) in [5.41, 5.74) is 6.49. The summed E-state index contributed by atoms with van der Waals surface area (Å²) in [4.78, 5) is 25.6. The van der Waals surface area contributed by atoms with Crippen molar-refractivity contribution >= 4 is 28.8 Å². The smallest absolute Gasteiger partial charge is 0.278 e. The van der Waals surface area contributed by atoms with Crippen LogP contribution in [0.3, 0.4) is 0 Å². The van der Waals surface area contributed by atoms with E-state index in [-0.39, 0.29) is 0 Å². The predicted octanol–water partition coefficient (Wildman–Crippen LogP) is 4.97. The molecular weight excluding hydrogens is 397 g/mol. The summed E-state index contributed by atoms with van der Waals surface area (Å²) in [6, 6.07) is 11.6. The number of anilines is 4. The molecule has 1 fully saturated rings. The first kappa shape index (κ1) is 20.7. The van der Waals surface area contributed by atoms with Crippen molar-refractivity contribution in [3.63, 3.8) is 0 Å².